The molecule has 0 spiro atoms. The second-order valence-electron chi connectivity index (χ2n) is 9.93. The minimum atomic E-state index is 0.0332. The molecule has 1 N–H and O–H groups in total. The Kier molecular flexibility index (Phi) is 12.9. The summed E-state index contributed by atoms with van der Waals surface area (Å²) in [7, 11) is 0. The summed E-state index contributed by atoms with van der Waals surface area (Å²) in [6.45, 7) is 4.04. The molecule has 0 unspecified atom stereocenters. The van der Waals surface area contributed by atoms with Crippen molar-refractivity contribution in [3.05, 3.63) is 64.9 Å². The Balaban J connectivity index is 1.36. The maximum Gasteiger partial charge on any atom is 0.224 e. The minimum Gasteiger partial charge on any atom is -0.356 e. The van der Waals surface area contributed by atoms with Crippen LogP contribution >= 0.6 is 11.6 Å². The molecule has 0 aliphatic heterocycles. The molecule has 4 nitrogen and oxygen atoms in total. The predicted molar refractivity (Wildman–Crippen MR) is 153 cm³/mol. The van der Waals surface area contributed by atoms with Gasteiger partial charge in [-0.25, -0.2) is 4.98 Å². The van der Waals surface area contributed by atoms with Crippen molar-refractivity contribution in [1.29, 1.82) is 0 Å². The van der Waals surface area contributed by atoms with Crippen molar-refractivity contribution in [2.24, 2.45) is 0 Å². The monoisotopic (exact) mass is 509 g/mol. The van der Waals surface area contributed by atoms with Gasteiger partial charge in [-0.3, -0.25) is 4.79 Å². The second kappa shape index (κ2) is 16.4. The summed E-state index contributed by atoms with van der Waals surface area (Å²) in [4.78, 5) is 17.2. The molecular weight excluding hydrogens is 466 g/mol. The summed E-state index contributed by atoms with van der Waals surface area (Å²) in [6.07, 6.45) is 16.6. The fourth-order valence-electron chi connectivity index (χ4n) is 4.84. The van der Waals surface area contributed by atoms with Crippen LogP contribution in [0.2, 0.25) is 5.02 Å². The van der Waals surface area contributed by atoms with Gasteiger partial charge in [0.1, 0.15) is 5.82 Å². The smallest absolute Gasteiger partial charge is 0.224 e. The van der Waals surface area contributed by atoms with E-state index in [9.17, 15) is 4.79 Å². The number of rotatable bonds is 18. The maximum atomic E-state index is 12.2. The largest absolute Gasteiger partial charge is 0.356 e. The van der Waals surface area contributed by atoms with E-state index in [4.69, 9.17) is 16.6 Å². The first-order chi connectivity index (χ1) is 17.7. The lowest BCUT2D eigenvalue weighted by atomic mass is 10.1. The van der Waals surface area contributed by atoms with E-state index in [-0.39, 0.29) is 5.91 Å². The third-order valence-electron chi connectivity index (χ3n) is 6.93. The molecule has 0 fully saturated rings. The normalized spacial score (nSPS) is 11.3. The van der Waals surface area contributed by atoms with Crippen LogP contribution in [0.25, 0.3) is 11.0 Å². The van der Waals surface area contributed by atoms with E-state index in [1.165, 1.54) is 69.1 Å². The number of imidazole rings is 1. The number of fused-ring (bicyclic) bond motifs is 1. The van der Waals surface area contributed by atoms with Gasteiger partial charge >= 0.3 is 0 Å². The summed E-state index contributed by atoms with van der Waals surface area (Å²) < 4.78 is 2.45. The number of carbonyl (C=O) groups excluding carboxylic acids is 1. The number of amides is 1. The molecule has 1 amide bonds. The van der Waals surface area contributed by atoms with Crippen LogP contribution in [-0.4, -0.2) is 22.0 Å². The second-order valence-corrected chi connectivity index (χ2v) is 10.3. The summed E-state index contributed by atoms with van der Waals surface area (Å²) in [5, 5.41) is 3.68. The number of benzene rings is 2. The molecule has 0 aliphatic carbocycles. The Labute approximate surface area is 222 Å². The van der Waals surface area contributed by atoms with Gasteiger partial charge in [-0.1, -0.05) is 107 Å². The molecule has 1 aromatic heterocycles. The van der Waals surface area contributed by atoms with Crippen LogP contribution in [0.4, 0.5) is 0 Å². The molecular formula is C31H44ClN3O. The van der Waals surface area contributed by atoms with Crippen LogP contribution in [0.15, 0.2) is 48.5 Å². The minimum absolute atomic E-state index is 0.0332. The topological polar surface area (TPSA) is 46.9 Å². The van der Waals surface area contributed by atoms with Crippen molar-refractivity contribution >= 4 is 28.5 Å². The molecule has 5 heteroatoms. The number of carbonyl (C=O) groups is 1. The number of aromatic nitrogens is 2. The van der Waals surface area contributed by atoms with Gasteiger partial charge in [-0.05, 0) is 43.0 Å². The van der Waals surface area contributed by atoms with Crippen molar-refractivity contribution in [2.45, 2.75) is 103 Å². The average molecular weight is 510 g/mol. The van der Waals surface area contributed by atoms with E-state index in [2.05, 4.69) is 41.1 Å². The van der Waals surface area contributed by atoms with Crippen LogP contribution in [-0.2, 0) is 24.2 Å². The van der Waals surface area contributed by atoms with Crippen molar-refractivity contribution in [3.63, 3.8) is 0 Å². The fourth-order valence-corrected chi connectivity index (χ4v) is 5.04. The molecule has 3 aromatic rings. The molecule has 0 atom stereocenters. The number of aryl methyl sites for hydroxylation is 2. The Bertz CT molecular complexity index is 1050. The molecule has 1 heterocycles. The number of unbranched alkanes of at least 4 members (excludes halogenated alkanes) is 10. The highest BCUT2D eigenvalue weighted by Crippen LogP contribution is 2.20. The molecule has 36 heavy (non-hydrogen) atoms. The van der Waals surface area contributed by atoms with E-state index in [1.807, 2.05) is 24.3 Å². The van der Waals surface area contributed by atoms with Crippen LogP contribution in [0.3, 0.4) is 0 Å². The summed E-state index contributed by atoms with van der Waals surface area (Å²) >= 11 is 6.16. The molecule has 0 bridgehead atoms. The lowest BCUT2D eigenvalue weighted by Crippen LogP contribution is -2.26. The first kappa shape index (κ1) is 28.2. The Morgan fingerprint density at radius 3 is 2.28 bits per heavy atom. The number of nitrogens with zero attached hydrogens (tertiary/aromatic N) is 2. The predicted octanol–water partition coefficient (Wildman–Crippen LogP) is 8.29. The third kappa shape index (κ3) is 9.61. The number of halogens is 1. The van der Waals surface area contributed by atoms with Crippen molar-refractivity contribution in [1.82, 2.24) is 14.9 Å². The third-order valence-corrected chi connectivity index (χ3v) is 7.30. The van der Waals surface area contributed by atoms with E-state index >= 15 is 0 Å². The molecule has 0 saturated carbocycles. The lowest BCUT2D eigenvalue weighted by molar-refractivity contribution is -0.120. The van der Waals surface area contributed by atoms with E-state index in [1.54, 1.807) is 0 Å². The Hall–Kier alpha value is -2.33. The SMILES string of the molecule is CCCCCCCCCCCn1c(CCCCCNC(=O)Cc2ccccc2Cl)nc2ccccc21. The molecule has 0 aliphatic rings. The highest BCUT2D eigenvalue weighted by molar-refractivity contribution is 6.31. The van der Waals surface area contributed by atoms with E-state index in [0.717, 1.165) is 43.3 Å². The van der Waals surface area contributed by atoms with Crippen molar-refractivity contribution in [2.75, 3.05) is 6.54 Å². The van der Waals surface area contributed by atoms with Crippen molar-refractivity contribution < 1.29 is 4.79 Å². The van der Waals surface area contributed by atoms with Crippen LogP contribution in [0.1, 0.15) is 95.4 Å². The van der Waals surface area contributed by atoms with E-state index in [0.29, 0.717) is 18.0 Å². The molecule has 0 saturated heterocycles. The Morgan fingerprint density at radius 1 is 0.833 bits per heavy atom. The fraction of sp³-hybridized carbons (Fsp3) is 0.548. The summed E-state index contributed by atoms with van der Waals surface area (Å²) in [6, 6.07) is 16.1. The highest BCUT2D eigenvalue weighted by Gasteiger charge is 2.10. The van der Waals surface area contributed by atoms with Crippen molar-refractivity contribution in [3.8, 4) is 0 Å². The van der Waals surface area contributed by atoms with Gasteiger partial charge < -0.3 is 9.88 Å². The van der Waals surface area contributed by atoms with Crippen LogP contribution < -0.4 is 5.32 Å². The number of hydrogen-bond donors (Lipinski definition) is 1. The zero-order valence-corrected chi connectivity index (χ0v) is 22.9. The van der Waals surface area contributed by atoms with Gasteiger partial charge in [0.2, 0.25) is 5.91 Å². The quantitative estimate of drug-likeness (QED) is 0.175. The standard InChI is InChI=1S/C31H44ClN3O/c1-2-3-4-5-6-7-8-9-17-24-35-29-21-15-14-20-28(29)34-30(35)22-11-10-16-23-33-31(36)25-26-18-12-13-19-27(26)32/h12-15,18-21H,2-11,16-17,22-25H2,1H3,(H,33,36). The van der Waals surface area contributed by atoms with Gasteiger partial charge in [-0.15, -0.1) is 0 Å². The number of hydrogen-bond acceptors (Lipinski definition) is 2. The molecule has 2 aromatic carbocycles. The lowest BCUT2D eigenvalue weighted by Gasteiger charge is -2.10. The number of nitrogens with one attached hydrogen (secondary N) is 1. The molecule has 0 radical (unpaired) electrons. The van der Waals surface area contributed by atoms with E-state index < -0.39 is 0 Å². The highest BCUT2D eigenvalue weighted by atomic mass is 35.5. The molecule has 3 rings (SSSR count). The van der Waals surface area contributed by atoms with Gasteiger partial charge in [0, 0.05) is 24.5 Å². The summed E-state index contributed by atoms with van der Waals surface area (Å²) in [5.41, 5.74) is 3.25. The van der Waals surface area contributed by atoms with Gasteiger partial charge in [0.25, 0.3) is 0 Å². The van der Waals surface area contributed by atoms with Gasteiger partial charge in [0.05, 0.1) is 17.5 Å². The summed E-state index contributed by atoms with van der Waals surface area (Å²) in [5.74, 6) is 1.24. The Morgan fingerprint density at radius 2 is 1.50 bits per heavy atom. The molecule has 196 valence electrons. The zero-order chi connectivity index (χ0) is 25.4. The van der Waals surface area contributed by atoms with Gasteiger partial charge in [-0.2, -0.15) is 0 Å². The van der Waals surface area contributed by atoms with Crippen LogP contribution in [0.5, 0.6) is 0 Å². The zero-order valence-electron chi connectivity index (χ0n) is 22.1. The average Bonchev–Trinajstić information content (AvgIpc) is 3.23. The number of para-hydroxylation sites is 2. The first-order valence-corrected chi connectivity index (χ1v) is 14.5. The van der Waals surface area contributed by atoms with Gasteiger partial charge in [0.15, 0.2) is 0 Å². The maximum absolute atomic E-state index is 12.2. The van der Waals surface area contributed by atoms with Crippen LogP contribution in [0, 0.1) is 0 Å². The first-order valence-electron chi connectivity index (χ1n) is 14.1.